The molecular weight excluding hydrogens is 478 g/mol. The lowest BCUT2D eigenvalue weighted by Crippen LogP contribution is -2.58. The lowest BCUT2D eigenvalue weighted by atomic mass is 9.74. The first-order chi connectivity index (χ1) is 18.5. The van der Waals surface area contributed by atoms with Gasteiger partial charge in [0.2, 0.25) is 17.7 Å². The van der Waals surface area contributed by atoms with Crippen molar-refractivity contribution in [1.29, 1.82) is 0 Å². The zero-order valence-electron chi connectivity index (χ0n) is 22.5. The Balaban J connectivity index is 1.31. The molecular formula is C31H41N3O4. The highest BCUT2D eigenvalue weighted by molar-refractivity contribution is 6.03. The largest absolute Gasteiger partial charge is 0.359 e. The summed E-state index contributed by atoms with van der Waals surface area (Å²) in [5.74, 6) is -1.75. The molecule has 0 aromatic heterocycles. The molecule has 0 unspecified atom stereocenters. The zero-order chi connectivity index (χ0) is 26.3. The number of aryl methyl sites for hydroxylation is 1. The Bertz CT molecular complexity index is 1090. The molecule has 2 saturated heterocycles. The maximum absolute atomic E-state index is 14.3. The fourth-order valence-electron chi connectivity index (χ4n) is 7.70. The number of fused-ring (bicyclic) bond motifs is 1. The first-order valence-corrected chi connectivity index (χ1v) is 14.9. The second-order valence-electron chi connectivity index (χ2n) is 12.1. The summed E-state index contributed by atoms with van der Waals surface area (Å²) in [6.45, 7) is 2.00. The van der Waals surface area contributed by atoms with Crippen LogP contribution in [0.3, 0.4) is 0 Å². The topological polar surface area (TPSA) is 87.7 Å². The average molecular weight is 520 g/mol. The number of hydrogen-bond donors (Lipinski definition) is 2. The van der Waals surface area contributed by atoms with Gasteiger partial charge >= 0.3 is 0 Å². The molecule has 7 heteroatoms. The fraction of sp³-hybridized carbons (Fsp3) is 0.645. The van der Waals surface area contributed by atoms with Gasteiger partial charge in [0.05, 0.1) is 17.9 Å². The predicted molar refractivity (Wildman–Crippen MR) is 145 cm³/mol. The standard InChI is InChI=1S/C31H41N3O4/c1-20-14-16-22(17-15-20)32-28(35)25-24-18-19-31(38-24)26(25)30(37)34(23-12-8-3-2-4-9-13-23)27(31)29(36)33-21-10-6-5-7-11-21/h14-19,21,23-27H,2-13H2,1H3,(H,32,35)(H,33,36)/t24-,25+,26-,27+,31-/m0/s1. The van der Waals surface area contributed by atoms with Crippen molar-refractivity contribution in [3.05, 3.63) is 42.0 Å². The van der Waals surface area contributed by atoms with Crippen LogP contribution in [0, 0.1) is 18.8 Å². The van der Waals surface area contributed by atoms with Crippen molar-refractivity contribution in [2.45, 2.75) is 114 Å². The molecule has 204 valence electrons. The Morgan fingerprint density at radius 2 is 1.53 bits per heavy atom. The van der Waals surface area contributed by atoms with E-state index in [1.807, 2.05) is 48.2 Å². The van der Waals surface area contributed by atoms with Crippen molar-refractivity contribution in [2.75, 3.05) is 5.32 Å². The molecule has 2 aliphatic carbocycles. The van der Waals surface area contributed by atoms with E-state index in [9.17, 15) is 14.4 Å². The summed E-state index contributed by atoms with van der Waals surface area (Å²) in [5, 5.41) is 6.33. The number of rotatable bonds is 5. The Hall–Kier alpha value is -2.67. The van der Waals surface area contributed by atoms with E-state index in [0.29, 0.717) is 5.69 Å². The summed E-state index contributed by atoms with van der Waals surface area (Å²) in [7, 11) is 0. The van der Waals surface area contributed by atoms with E-state index in [-0.39, 0.29) is 29.8 Å². The summed E-state index contributed by atoms with van der Waals surface area (Å²) in [5.41, 5.74) is 0.731. The normalized spacial score (nSPS) is 33.6. The molecule has 3 aliphatic heterocycles. The number of anilines is 1. The number of carbonyl (C=O) groups is 3. The van der Waals surface area contributed by atoms with Crippen molar-refractivity contribution in [3.8, 4) is 0 Å². The number of likely N-dealkylation sites (tertiary alicyclic amines) is 1. The average Bonchev–Trinajstić information content (AvgIpc) is 3.53. The van der Waals surface area contributed by atoms with E-state index >= 15 is 0 Å². The Morgan fingerprint density at radius 3 is 2.24 bits per heavy atom. The van der Waals surface area contributed by atoms with E-state index in [4.69, 9.17) is 4.74 Å². The number of benzene rings is 1. The van der Waals surface area contributed by atoms with Crippen molar-refractivity contribution in [3.63, 3.8) is 0 Å². The van der Waals surface area contributed by atoms with Crippen LogP contribution in [-0.2, 0) is 19.1 Å². The van der Waals surface area contributed by atoms with Crippen LogP contribution in [0.2, 0.25) is 0 Å². The monoisotopic (exact) mass is 519 g/mol. The van der Waals surface area contributed by atoms with Crippen molar-refractivity contribution in [1.82, 2.24) is 10.2 Å². The van der Waals surface area contributed by atoms with Gasteiger partial charge in [0, 0.05) is 17.8 Å². The van der Waals surface area contributed by atoms with Gasteiger partial charge in [0.25, 0.3) is 0 Å². The zero-order valence-corrected chi connectivity index (χ0v) is 22.5. The summed E-state index contributed by atoms with van der Waals surface area (Å²) < 4.78 is 6.55. The van der Waals surface area contributed by atoms with Gasteiger partial charge in [-0.25, -0.2) is 0 Å². The van der Waals surface area contributed by atoms with Crippen LogP contribution in [0.1, 0.15) is 82.6 Å². The van der Waals surface area contributed by atoms with Gasteiger partial charge < -0.3 is 20.3 Å². The molecule has 3 amide bonds. The Morgan fingerprint density at radius 1 is 0.895 bits per heavy atom. The highest BCUT2D eigenvalue weighted by Crippen LogP contribution is 2.56. The van der Waals surface area contributed by atoms with Gasteiger partial charge in [-0.05, 0) is 44.7 Å². The Kier molecular flexibility index (Phi) is 7.06. The van der Waals surface area contributed by atoms with Crippen LogP contribution in [0.5, 0.6) is 0 Å². The summed E-state index contributed by atoms with van der Waals surface area (Å²) in [6.07, 6.45) is 16.2. The van der Waals surface area contributed by atoms with Gasteiger partial charge in [-0.3, -0.25) is 14.4 Å². The van der Waals surface area contributed by atoms with Gasteiger partial charge in [-0.2, -0.15) is 0 Å². The van der Waals surface area contributed by atoms with Crippen LogP contribution in [0.4, 0.5) is 5.69 Å². The lowest BCUT2D eigenvalue weighted by molar-refractivity contribution is -0.144. The quantitative estimate of drug-likeness (QED) is 0.555. The van der Waals surface area contributed by atoms with Crippen LogP contribution in [0.25, 0.3) is 0 Å². The molecule has 7 nitrogen and oxygen atoms in total. The number of ether oxygens (including phenoxy) is 1. The number of carbonyl (C=O) groups excluding carboxylic acids is 3. The molecule has 6 rings (SSSR count). The van der Waals surface area contributed by atoms with Crippen LogP contribution < -0.4 is 10.6 Å². The third kappa shape index (κ3) is 4.47. The first-order valence-electron chi connectivity index (χ1n) is 14.9. The molecule has 1 aromatic carbocycles. The molecule has 0 radical (unpaired) electrons. The molecule has 5 aliphatic rings. The third-order valence-corrected chi connectivity index (χ3v) is 9.60. The van der Waals surface area contributed by atoms with E-state index in [1.165, 1.54) is 12.8 Å². The van der Waals surface area contributed by atoms with Gasteiger partial charge in [0.15, 0.2) is 0 Å². The molecule has 3 heterocycles. The highest BCUT2D eigenvalue weighted by Gasteiger charge is 2.73. The summed E-state index contributed by atoms with van der Waals surface area (Å²) in [6, 6.07) is 7.08. The van der Waals surface area contributed by atoms with Crippen LogP contribution in [-0.4, -0.2) is 52.5 Å². The minimum atomic E-state index is -1.09. The maximum atomic E-state index is 14.3. The van der Waals surface area contributed by atoms with E-state index in [2.05, 4.69) is 10.6 Å². The van der Waals surface area contributed by atoms with Crippen molar-refractivity contribution >= 4 is 23.4 Å². The van der Waals surface area contributed by atoms with E-state index in [0.717, 1.165) is 69.8 Å². The lowest BCUT2D eigenvalue weighted by Gasteiger charge is -2.38. The first kappa shape index (κ1) is 25.6. The fourth-order valence-corrected chi connectivity index (χ4v) is 7.70. The molecule has 38 heavy (non-hydrogen) atoms. The van der Waals surface area contributed by atoms with Gasteiger partial charge in [0.1, 0.15) is 11.6 Å². The minimum absolute atomic E-state index is 0.00161. The van der Waals surface area contributed by atoms with Crippen molar-refractivity contribution in [2.24, 2.45) is 11.8 Å². The highest BCUT2D eigenvalue weighted by atomic mass is 16.5. The summed E-state index contributed by atoms with van der Waals surface area (Å²) >= 11 is 0. The number of amides is 3. The summed E-state index contributed by atoms with van der Waals surface area (Å²) in [4.78, 5) is 43.9. The van der Waals surface area contributed by atoms with Crippen LogP contribution >= 0.6 is 0 Å². The van der Waals surface area contributed by atoms with Gasteiger partial charge in [-0.1, -0.05) is 81.2 Å². The Labute approximate surface area is 225 Å². The molecule has 2 N–H and O–H groups in total. The predicted octanol–water partition coefficient (Wildman–Crippen LogP) is 4.65. The number of hydrogen-bond acceptors (Lipinski definition) is 4. The molecule has 2 saturated carbocycles. The van der Waals surface area contributed by atoms with Gasteiger partial charge in [-0.15, -0.1) is 0 Å². The smallest absolute Gasteiger partial charge is 0.246 e. The van der Waals surface area contributed by atoms with E-state index < -0.39 is 29.6 Å². The second kappa shape index (κ2) is 10.5. The second-order valence-corrected chi connectivity index (χ2v) is 12.1. The SMILES string of the molecule is Cc1ccc(NC(=O)[C@@H]2[C@@H]3C=C[C@]4(O3)[C@@H]2C(=O)N(C2CCCCCCC2)[C@@H]4C(=O)NC2CCCCC2)cc1. The molecule has 4 fully saturated rings. The molecule has 2 bridgehead atoms. The number of nitrogens with zero attached hydrogens (tertiary/aromatic N) is 1. The number of nitrogens with one attached hydrogen (secondary N) is 2. The molecule has 1 spiro atoms. The van der Waals surface area contributed by atoms with Crippen molar-refractivity contribution < 1.29 is 19.1 Å². The van der Waals surface area contributed by atoms with Crippen LogP contribution in [0.15, 0.2) is 36.4 Å². The maximum Gasteiger partial charge on any atom is 0.246 e. The minimum Gasteiger partial charge on any atom is -0.359 e. The van der Waals surface area contributed by atoms with E-state index in [1.54, 1.807) is 0 Å². The molecule has 1 aromatic rings. The molecule has 5 atom stereocenters. The third-order valence-electron chi connectivity index (χ3n) is 9.60.